The Labute approximate surface area is 205 Å². The smallest absolute Gasteiger partial charge is 0.249 e. The lowest BCUT2D eigenvalue weighted by Gasteiger charge is -2.47. The second-order valence-electron chi connectivity index (χ2n) is 9.45. The predicted octanol–water partition coefficient (Wildman–Crippen LogP) is 3.08. The maximum Gasteiger partial charge on any atom is 0.249 e. The number of carbonyl (C=O) groups is 1. The summed E-state index contributed by atoms with van der Waals surface area (Å²) in [4.78, 5) is 14.5. The summed E-state index contributed by atoms with van der Waals surface area (Å²) < 4.78 is 2.22. The minimum atomic E-state index is -0.410. The second-order valence-corrected chi connectivity index (χ2v) is 9.45. The van der Waals surface area contributed by atoms with Crippen LogP contribution >= 0.6 is 0 Å². The van der Waals surface area contributed by atoms with Crippen molar-refractivity contribution in [2.24, 2.45) is 11.7 Å². The fraction of sp³-hybridized carbons (Fsp3) is 0.250. The average Bonchev–Trinajstić information content (AvgIpc) is 3.22. The Morgan fingerprint density at radius 2 is 2.03 bits per heavy atom. The van der Waals surface area contributed by atoms with Gasteiger partial charge in [-0.1, -0.05) is 48.6 Å². The molecule has 3 atom stereocenters. The van der Waals surface area contributed by atoms with Crippen LogP contribution < -0.4 is 21.7 Å². The van der Waals surface area contributed by atoms with Crippen LogP contribution in [0.2, 0.25) is 0 Å². The topological polar surface area (TPSA) is 87.4 Å². The van der Waals surface area contributed by atoms with Gasteiger partial charge in [0.2, 0.25) is 5.91 Å². The van der Waals surface area contributed by atoms with Crippen LogP contribution in [0, 0.1) is 12.8 Å². The molecule has 1 fully saturated rings. The highest BCUT2D eigenvalue weighted by Gasteiger charge is 2.38. The molecule has 1 amide bonds. The van der Waals surface area contributed by atoms with E-state index in [1.165, 1.54) is 17.0 Å². The third-order valence-electron chi connectivity index (χ3n) is 7.23. The molecule has 0 radical (unpaired) electrons. The van der Waals surface area contributed by atoms with Crippen LogP contribution in [0.4, 0.5) is 0 Å². The molecule has 7 heteroatoms. The van der Waals surface area contributed by atoms with Gasteiger partial charge in [-0.3, -0.25) is 15.4 Å². The van der Waals surface area contributed by atoms with E-state index < -0.39 is 5.91 Å². The number of carbonyl (C=O) groups excluding carboxylic acids is 1. The van der Waals surface area contributed by atoms with Gasteiger partial charge in [-0.15, -0.1) is 0 Å². The van der Waals surface area contributed by atoms with E-state index in [9.17, 15) is 4.79 Å². The number of hydrogen-bond donors (Lipinski definition) is 4. The Balaban J connectivity index is 1.38. The normalized spacial score (nSPS) is 23.2. The number of rotatable bonds is 5. The molecule has 178 valence electrons. The van der Waals surface area contributed by atoms with Crippen LogP contribution in [-0.2, 0) is 6.54 Å². The van der Waals surface area contributed by atoms with Gasteiger partial charge in [0.05, 0.1) is 11.7 Å². The molecule has 0 bridgehead atoms. The lowest BCUT2D eigenvalue weighted by molar-refractivity contribution is 0.100. The van der Waals surface area contributed by atoms with Crippen molar-refractivity contribution < 1.29 is 4.79 Å². The van der Waals surface area contributed by atoms with Crippen molar-refractivity contribution in [1.82, 2.24) is 25.4 Å². The van der Waals surface area contributed by atoms with E-state index in [0.29, 0.717) is 5.56 Å². The molecule has 3 aliphatic heterocycles. The maximum atomic E-state index is 12.1. The Morgan fingerprint density at radius 1 is 1.17 bits per heavy atom. The van der Waals surface area contributed by atoms with Crippen molar-refractivity contribution in [3.63, 3.8) is 0 Å². The zero-order chi connectivity index (χ0) is 23.9. The van der Waals surface area contributed by atoms with Crippen molar-refractivity contribution in [2.75, 3.05) is 13.1 Å². The van der Waals surface area contributed by atoms with Gasteiger partial charge in [0, 0.05) is 53.6 Å². The van der Waals surface area contributed by atoms with Gasteiger partial charge in [-0.2, -0.15) is 0 Å². The molecule has 0 aliphatic carbocycles. The van der Waals surface area contributed by atoms with Gasteiger partial charge >= 0.3 is 0 Å². The fourth-order valence-corrected chi connectivity index (χ4v) is 5.51. The molecule has 0 spiro atoms. The number of nitrogens with zero attached hydrogens (tertiary/aromatic N) is 2. The molecule has 5 N–H and O–H groups in total. The molecule has 1 saturated heterocycles. The Bertz CT molecular complexity index is 1370. The first-order valence-corrected chi connectivity index (χ1v) is 12.1. The number of aromatic nitrogens is 1. The summed E-state index contributed by atoms with van der Waals surface area (Å²) in [5.41, 5.74) is 11.9. The van der Waals surface area contributed by atoms with Crippen LogP contribution in [0.25, 0.3) is 10.9 Å². The third kappa shape index (κ3) is 3.92. The molecule has 7 nitrogen and oxygen atoms in total. The van der Waals surface area contributed by atoms with Crippen molar-refractivity contribution in [1.29, 1.82) is 0 Å². The number of aryl methyl sites for hydroxylation is 1. The quantitative estimate of drug-likeness (QED) is 0.464. The Kier molecular flexibility index (Phi) is 5.43. The third-order valence-corrected chi connectivity index (χ3v) is 7.23. The number of hydrogen-bond acceptors (Lipinski definition) is 5. The molecule has 1 aromatic heterocycles. The van der Waals surface area contributed by atoms with Crippen LogP contribution in [0.15, 0.2) is 90.3 Å². The highest BCUT2D eigenvalue weighted by Crippen LogP contribution is 2.33. The summed E-state index contributed by atoms with van der Waals surface area (Å²) in [7, 11) is 0. The van der Waals surface area contributed by atoms with Gasteiger partial charge in [-0.25, -0.2) is 0 Å². The second kappa shape index (κ2) is 8.76. The summed E-state index contributed by atoms with van der Waals surface area (Å²) in [6.45, 7) is 4.70. The van der Waals surface area contributed by atoms with E-state index in [0.717, 1.165) is 36.2 Å². The number of fused-ring (bicyclic) bond motifs is 3. The molecule has 3 aliphatic rings. The van der Waals surface area contributed by atoms with Crippen molar-refractivity contribution in [3.8, 4) is 0 Å². The number of amides is 1. The molecule has 4 heterocycles. The fourth-order valence-electron chi connectivity index (χ4n) is 5.51. The van der Waals surface area contributed by atoms with Gasteiger partial charge in [0.25, 0.3) is 0 Å². The summed E-state index contributed by atoms with van der Waals surface area (Å²) in [5.74, 6) is -0.144. The Morgan fingerprint density at radius 3 is 2.86 bits per heavy atom. The minimum Gasteiger partial charge on any atom is -0.367 e. The summed E-state index contributed by atoms with van der Waals surface area (Å²) in [5, 5.41) is 12.2. The predicted molar refractivity (Wildman–Crippen MR) is 138 cm³/mol. The Hall–Kier alpha value is -3.81. The monoisotopic (exact) mass is 466 g/mol. The number of nitrogens with two attached hydrogens (primary N) is 1. The average molecular weight is 467 g/mol. The standard InChI is InChI=1S/C28H30N6O/c1-18-14-22-21(26(29)35)11-7-12-25(22)34(18)28-31-24-15-20-10-5-6-13-33(20)17-23(24)27(32-28)30-16-19-8-3-2-4-9-19/h2-12,14-15,23,27-28,30-32H,13,16-17H2,1H3,(H2,29,35). The molecule has 0 saturated carbocycles. The summed E-state index contributed by atoms with van der Waals surface area (Å²) >= 11 is 0. The van der Waals surface area contributed by atoms with E-state index in [1.807, 2.05) is 24.3 Å². The van der Waals surface area contributed by atoms with Gasteiger partial charge < -0.3 is 20.5 Å². The lowest BCUT2D eigenvalue weighted by atomic mass is 9.92. The highest BCUT2D eigenvalue weighted by atomic mass is 16.1. The number of nitrogens with one attached hydrogen (secondary N) is 3. The van der Waals surface area contributed by atoms with E-state index in [2.05, 4.69) is 80.9 Å². The van der Waals surface area contributed by atoms with Crippen LogP contribution in [0.3, 0.4) is 0 Å². The first-order chi connectivity index (χ1) is 17.1. The molecular weight excluding hydrogens is 436 g/mol. The molecule has 2 aromatic carbocycles. The number of benzene rings is 2. The minimum absolute atomic E-state index is 0.0522. The summed E-state index contributed by atoms with van der Waals surface area (Å²) in [6, 6.07) is 18.3. The molecule has 6 rings (SSSR count). The summed E-state index contributed by atoms with van der Waals surface area (Å²) in [6.07, 6.45) is 8.65. The molecule has 3 unspecified atom stereocenters. The van der Waals surface area contributed by atoms with E-state index in [-0.39, 0.29) is 18.4 Å². The highest BCUT2D eigenvalue weighted by molar-refractivity contribution is 6.06. The van der Waals surface area contributed by atoms with E-state index >= 15 is 0 Å². The zero-order valence-electron chi connectivity index (χ0n) is 19.7. The number of primary amides is 1. The first-order valence-electron chi connectivity index (χ1n) is 12.1. The van der Waals surface area contributed by atoms with Crippen LogP contribution in [0.1, 0.15) is 27.9 Å². The van der Waals surface area contributed by atoms with Gasteiger partial charge in [-0.05, 0) is 42.8 Å². The maximum absolute atomic E-state index is 12.1. The zero-order valence-corrected chi connectivity index (χ0v) is 19.7. The SMILES string of the molecule is Cc1cc2c(C(N)=O)cccc2n1C1NC2=CC3=CC=CCN3CC2C(NCc2ccccc2)N1. The molecule has 35 heavy (non-hydrogen) atoms. The van der Waals surface area contributed by atoms with Crippen LogP contribution in [-0.4, -0.2) is 34.6 Å². The first kappa shape index (κ1) is 21.7. The molecular formula is C28H30N6O. The van der Waals surface area contributed by atoms with Crippen molar-refractivity contribution in [2.45, 2.75) is 25.9 Å². The van der Waals surface area contributed by atoms with Crippen molar-refractivity contribution in [3.05, 3.63) is 107 Å². The molecule has 3 aromatic rings. The van der Waals surface area contributed by atoms with Gasteiger partial charge in [0.1, 0.15) is 0 Å². The van der Waals surface area contributed by atoms with Crippen molar-refractivity contribution >= 4 is 16.8 Å². The van der Waals surface area contributed by atoms with Crippen LogP contribution in [0.5, 0.6) is 0 Å². The number of allylic oxidation sites excluding steroid dienone is 3. The lowest BCUT2D eigenvalue weighted by Crippen LogP contribution is -2.62. The largest absolute Gasteiger partial charge is 0.367 e. The van der Waals surface area contributed by atoms with E-state index in [1.54, 1.807) is 6.07 Å². The van der Waals surface area contributed by atoms with E-state index in [4.69, 9.17) is 5.73 Å². The van der Waals surface area contributed by atoms with Gasteiger partial charge in [0.15, 0.2) is 6.29 Å².